The van der Waals surface area contributed by atoms with Gasteiger partial charge in [0.15, 0.2) is 6.10 Å². The van der Waals surface area contributed by atoms with Crippen LogP contribution in [0.2, 0.25) is 0 Å². The third-order valence-corrected chi connectivity index (χ3v) is 4.58. The van der Waals surface area contributed by atoms with Crippen molar-refractivity contribution in [2.24, 2.45) is 0 Å². The van der Waals surface area contributed by atoms with Gasteiger partial charge in [0.25, 0.3) is 0 Å². The maximum absolute atomic E-state index is 12.4. The van der Waals surface area contributed by atoms with Gasteiger partial charge in [0.05, 0.1) is 18.8 Å². The van der Waals surface area contributed by atoms with Crippen molar-refractivity contribution >= 4 is 11.8 Å². The van der Waals surface area contributed by atoms with Gasteiger partial charge in [0.1, 0.15) is 18.1 Å². The van der Waals surface area contributed by atoms with Crippen LogP contribution in [0.4, 0.5) is 0 Å². The average Bonchev–Trinajstić information content (AvgIpc) is 3.25. The van der Waals surface area contributed by atoms with Gasteiger partial charge in [-0.05, 0) is 68.3 Å². The lowest BCUT2D eigenvalue weighted by atomic mass is 10.1. The Bertz CT molecular complexity index is 791. The molecule has 6 heteroatoms. The molecule has 0 bridgehead atoms. The summed E-state index contributed by atoms with van der Waals surface area (Å²) in [7, 11) is 1.56. The van der Waals surface area contributed by atoms with E-state index in [0.717, 1.165) is 19.4 Å². The molecule has 3 rings (SSSR count). The second-order valence-corrected chi connectivity index (χ2v) is 6.61. The molecule has 2 atom stereocenters. The molecule has 0 saturated carbocycles. The number of hydrogen-bond donors (Lipinski definition) is 0. The van der Waals surface area contributed by atoms with Crippen LogP contribution in [-0.4, -0.2) is 44.3 Å². The van der Waals surface area contributed by atoms with E-state index in [9.17, 15) is 9.59 Å². The molecule has 0 N–H and O–H groups in total. The van der Waals surface area contributed by atoms with Crippen molar-refractivity contribution in [3.63, 3.8) is 0 Å². The molecule has 6 nitrogen and oxygen atoms in total. The minimum atomic E-state index is -0.892. The van der Waals surface area contributed by atoms with Crippen molar-refractivity contribution in [2.45, 2.75) is 32.0 Å². The predicted octanol–water partition coefficient (Wildman–Crippen LogP) is 3.68. The monoisotopic (exact) mass is 384 g/mol. The largest absolute Gasteiger partial charge is 0.497 e. The molecular weight excluding hydrogens is 360 g/mol. The number of ketones is 1. The van der Waals surface area contributed by atoms with Crippen LogP contribution < -0.4 is 9.47 Å². The minimum Gasteiger partial charge on any atom is -0.497 e. The molecule has 0 aliphatic carbocycles. The Morgan fingerprint density at radius 3 is 2.29 bits per heavy atom. The van der Waals surface area contributed by atoms with Crippen molar-refractivity contribution in [3.8, 4) is 11.5 Å². The lowest BCUT2D eigenvalue weighted by Gasteiger charge is -2.14. The van der Waals surface area contributed by atoms with E-state index in [1.807, 2.05) is 0 Å². The van der Waals surface area contributed by atoms with Crippen LogP contribution in [0.15, 0.2) is 48.5 Å². The molecule has 2 aromatic rings. The van der Waals surface area contributed by atoms with E-state index in [0.29, 0.717) is 29.2 Å². The topological polar surface area (TPSA) is 71.1 Å². The average molecular weight is 384 g/mol. The normalized spacial score (nSPS) is 17.0. The Kier molecular flexibility index (Phi) is 6.66. The molecule has 1 saturated heterocycles. The van der Waals surface area contributed by atoms with E-state index < -0.39 is 12.1 Å². The van der Waals surface area contributed by atoms with Gasteiger partial charge in [-0.3, -0.25) is 4.79 Å². The highest BCUT2D eigenvalue weighted by atomic mass is 16.5. The van der Waals surface area contributed by atoms with Crippen LogP contribution in [0.5, 0.6) is 11.5 Å². The fourth-order valence-corrected chi connectivity index (χ4v) is 2.92. The van der Waals surface area contributed by atoms with Gasteiger partial charge in [-0.1, -0.05) is 0 Å². The van der Waals surface area contributed by atoms with Gasteiger partial charge in [-0.15, -0.1) is 0 Å². The molecular formula is C22H24O6. The number of benzene rings is 2. The zero-order valence-electron chi connectivity index (χ0n) is 16.1. The summed E-state index contributed by atoms with van der Waals surface area (Å²) >= 11 is 0. The zero-order valence-corrected chi connectivity index (χ0v) is 16.1. The van der Waals surface area contributed by atoms with Crippen LogP contribution in [-0.2, 0) is 9.47 Å². The number of esters is 1. The van der Waals surface area contributed by atoms with E-state index in [1.54, 1.807) is 62.6 Å². The molecule has 1 heterocycles. The van der Waals surface area contributed by atoms with E-state index >= 15 is 0 Å². The summed E-state index contributed by atoms with van der Waals surface area (Å²) in [6, 6.07) is 13.3. The molecule has 148 valence electrons. The number of rotatable bonds is 8. The number of carbonyl (C=O) groups is 2. The molecule has 0 radical (unpaired) electrons. The lowest BCUT2D eigenvalue weighted by Crippen LogP contribution is -2.24. The number of methoxy groups -OCH3 is 1. The van der Waals surface area contributed by atoms with Crippen LogP contribution >= 0.6 is 0 Å². The number of hydrogen-bond acceptors (Lipinski definition) is 6. The molecule has 0 spiro atoms. The molecule has 0 amide bonds. The SMILES string of the molecule is COc1ccc(C(=O)[C@H](C)OC(=O)c2ccc(OC[C@H]3CCCO3)cc2)cc1. The molecule has 1 aliphatic rings. The first-order valence-electron chi connectivity index (χ1n) is 9.30. The Morgan fingerprint density at radius 2 is 1.68 bits per heavy atom. The van der Waals surface area contributed by atoms with Crippen LogP contribution in [0.1, 0.15) is 40.5 Å². The summed E-state index contributed by atoms with van der Waals surface area (Å²) in [6.07, 6.45) is 1.31. The van der Waals surface area contributed by atoms with Crippen molar-refractivity contribution in [2.75, 3.05) is 20.3 Å². The third kappa shape index (κ3) is 5.10. The summed E-state index contributed by atoms with van der Waals surface area (Å²) in [6.45, 7) is 2.84. The Morgan fingerprint density at radius 1 is 1.04 bits per heavy atom. The van der Waals surface area contributed by atoms with Crippen LogP contribution in [0.25, 0.3) is 0 Å². The molecule has 0 aromatic heterocycles. The number of carbonyl (C=O) groups excluding carboxylic acids is 2. The zero-order chi connectivity index (χ0) is 19.9. The quantitative estimate of drug-likeness (QED) is 0.511. The maximum Gasteiger partial charge on any atom is 0.338 e. The summed E-state index contributed by atoms with van der Waals surface area (Å²) in [4.78, 5) is 24.7. The van der Waals surface area contributed by atoms with Crippen LogP contribution in [0.3, 0.4) is 0 Å². The second-order valence-electron chi connectivity index (χ2n) is 6.61. The highest BCUT2D eigenvalue weighted by molar-refractivity contribution is 6.01. The van der Waals surface area contributed by atoms with Gasteiger partial charge in [-0.25, -0.2) is 4.79 Å². The Balaban J connectivity index is 1.53. The van der Waals surface area contributed by atoms with Gasteiger partial charge < -0.3 is 18.9 Å². The third-order valence-electron chi connectivity index (χ3n) is 4.58. The second kappa shape index (κ2) is 9.37. The Hall–Kier alpha value is -2.86. The highest BCUT2D eigenvalue weighted by Gasteiger charge is 2.21. The lowest BCUT2D eigenvalue weighted by molar-refractivity contribution is 0.0318. The molecule has 28 heavy (non-hydrogen) atoms. The van der Waals surface area contributed by atoms with Gasteiger partial charge in [-0.2, -0.15) is 0 Å². The van der Waals surface area contributed by atoms with Crippen molar-refractivity contribution in [1.82, 2.24) is 0 Å². The van der Waals surface area contributed by atoms with Gasteiger partial charge >= 0.3 is 5.97 Å². The molecule has 1 aliphatic heterocycles. The first kappa shape index (κ1) is 19.9. The van der Waals surface area contributed by atoms with E-state index in [4.69, 9.17) is 18.9 Å². The fraction of sp³-hybridized carbons (Fsp3) is 0.364. The predicted molar refractivity (Wildman–Crippen MR) is 103 cm³/mol. The van der Waals surface area contributed by atoms with Gasteiger partial charge in [0.2, 0.25) is 5.78 Å². The fourth-order valence-electron chi connectivity index (χ4n) is 2.92. The first-order chi connectivity index (χ1) is 13.6. The van der Waals surface area contributed by atoms with Gasteiger partial charge in [0, 0.05) is 12.2 Å². The molecule has 1 fully saturated rings. The highest BCUT2D eigenvalue weighted by Crippen LogP contribution is 2.18. The number of Topliss-reactive ketones (excluding diaryl/α,β-unsaturated/α-hetero) is 1. The molecule has 2 aromatic carbocycles. The smallest absolute Gasteiger partial charge is 0.338 e. The summed E-state index contributed by atoms with van der Waals surface area (Å²) in [5, 5.41) is 0. The van der Waals surface area contributed by atoms with E-state index in [-0.39, 0.29) is 11.9 Å². The summed E-state index contributed by atoms with van der Waals surface area (Å²) in [5.74, 6) is 0.491. The van der Waals surface area contributed by atoms with E-state index in [1.165, 1.54) is 0 Å². The Labute approximate surface area is 164 Å². The minimum absolute atomic E-state index is 0.134. The standard InChI is InChI=1S/C22H24O6/c1-15(21(23)16-5-9-18(25-2)10-6-16)28-22(24)17-7-11-19(12-8-17)27-14-20-4-3-13-26-20/h5-12,15,20H,3-4,13-14H2,1-2H3/t15-,20+/m0/s1. The number of ether oxygens (including phenoxy) is 4. The van der Waals surface area contributed by atoms with Crippen molar-refractivity contribution < 1.29 is 28.5 Å². The first-order valence-corrected chi connectivity index (χ1v) is 9.30. The van der Waals surface area contributed by atoms with E-state index in [2.05, 4.69) is 0 Å². The molecule has 0 unspecified atom stereocenters. The summed E-state index contributed by atoms with van der Waals surface area (Å²) < 4.78 is 21.6. The van der Waals surface area contributed by atoms with Crippen molar-refractivity contribution in [3.05, 3.63) is 59.7 Å². The summed E-state index contributed by atoms with van der Waals surface area (Å²) in [5.41, 5.74) is 0.817. The van der Waals surface area contributed by atoms with Crippen LogP contribution in [0, 0.1) is 0 Å². The maximum atomic E-state index is 12.4. The van der Waals surface area contributed by atoms with Crippen molar-refractivity contribution in [1.29, 1.82) is 0 Å².